The van der Waals surface area contributed by atoms with Gasteiger partial charge in [-0.25, -0.2) is 15.8 Å². The first-order valence-electron chi connectivity index (χ1n) is 9.22. The lowest BCUT2D eigenvalue weighted by Gasteiger charge is -2.23. The lowest BCUT2D eigenvalue weighted by atomic mass is 10.1. The smallest absolute Gasteiger partial charge is 0.238 e. The molecule has 2 atom stereocenters. The molecule has 2 aromatic heterocycles. The number of rotatable bonds is 7. The van der Waals surface area contributed by atoms with Gasteiger partial charge in [-0.2, -0.15) is 0 Å². The molecular formula is C19H28N6O. The maximum absolute atomic E-state index is 12.6. The van der Waals surface area contributed by atoms with Crippen LogP contribution in [0.25, 0.3) is 0 Å². The summed E-state index contributed by atoms with van der Waals surface area (Å²) in [7, 11) is 2.02. The molecule has 3 heterocycles. The van der Waals surface area contributed by atoms with Crippen molar-refractivity contribution < 1.29 is 4.79 Å². The minimum atomic E-state index is -0.247. The summed E-state index contributed by atoms with van der Waals surface area (Å²) in [4.78, 5) is 19.3. The number of amides is 1. The van der Waals surface area contributed by atoms with E-state index < -0.39 is 0 Å². The van der Waals surface area contributed by atoms with E-state index in [-0.39, 0.29) is 18.0 Å². The Morgan fingerprint density at radius 3 is 2.81 bits per heavy atom. The Bertz CT molecular complexity index is 739. The fourth-order valence-corrected chi connectivity index (χ4v) is 3.44. The molecule has 1 fully saturated rings. The van der Waals surface area contributed by atoms with Crippen molar-refractivity contribution in [3.63, 3.8) is 0 Å². The Kier molecular flexibility index (Phi) is 5.90. The maximum atomic E-state index is 12.6. The first kappa shape index (κ1) is 18.4. The van der Waals surface area contributed by atoms with Crippen LogP contribution in [0, 0.1) is 0 Å². The molecule has 0 radical (unpaired) electrons. The lowest BCUT2D eigenvalue weighted by molar-refractivity contribution is -0.123. The summed E-state index contributed by atoms with van der Waals surface area (Å²) in [6, 6.07) is 7.91. The van der Waals surface area contributed by atoms with Crippen LogP contribution in [0.1, 0.15) is 37.6 Å². The molecule has 0 saturated carbocycles. The number of aryl methyl sites for hydroxylation is 1. The summed E-state index contributed by atoms with van der Waals surface area (Å²) in [5.74, 6) is 0.945. The van der Waals surface area contributed by atoms with Crippen LogP contribution in [0.5, 0.6) is 0 Å². The summed E-state index contributed by atoms with van der Waals surface area (Å²) in [5.41, 5.74) is 8.55. The van der Waals surface area contributed by atoms with E-state index in [9.17, 15) is 4.79 Å². The molecule has 140 valence electrons. The molecule has 0 bridgehead atoms. The number of nitrogens with one attached hydrogen (secondary N) is 3. The normalized spacial score (nSPS) is 19.5. The van der Waals surface area contributed by atoms with Crippen molar-refractivity contribution in [3.8, 4) is 0 Å². The molecule has 1 amide bonds. The highest BCUT2D eigenvalue weighted by Crippen LogP contribution is 2.22. The highest BCUT2D eigenvalue weighted by molar-refractivity contribution is 5.82. The molecule has 2 aromatic rings. The van der Waals surface area contributed by atoms with Gasteiger partial charge in [0.15, 0.2) is 0 Å². The van der Waals surface area contributed by atoms with Crippen molar-refractivity contribution in [1.29, 1.82) is 0 Å². The average Bonchev–Trinajstić information content (AvgIpc) is 3.30. The van der Waals surface area contributed by atoms with Gasteiger partial charge < -0.3 is 14.8 Å². The molecule has 2 unspecified atom stereocenters. The SMILES string of the molecule is CCN(CC)c1ncccc1CNC(=O)C1CC(c2cccn2C)NN1. The summed E-state index contributed by atoms with van der Waals surface area (Å²) >= 11 is 0. The van der Waals surface area contributed by atoms with Crippen LogP contribution in [0.4, 0.5) is 5.82 Å². The molecule has 0 aliphatic carbocycles. The number of hydrogen-bond acceptors (Lipinski definition) is 5. The predicted octanol–water partition coefficient (Wildman–Crippen LogP) is 1.49. The van der Waals surface area contributed by atoms with Crippen molar-refractivity contribution in [1.82, 2.24) is 25.7 Å². The molecule has 1 aliphatic rings. The average molecular weight is 356 g/mol. The Hall–Kier alpha value is -2.38. The summed E-state index contributed by atoms with van der Waals surface area (Å²) < 4.78 is 2.08. The van der Waals surface area contributed by atoms with Crippen LogP contribution in [0.15, 0.2) is 36.7 Å². The highest BCUT2D eigenvalue weighted by atomic mass is 16.2. The van der Waals surface area contributed by atoms with Crippen LogP contribution < -0.4 is 21.1 Å². The molecule has 3 rings (SSSR count). The summed E-state index contributed by atoms with van der Waals surface area (Å²) in [5, 5.41) is 3.05. The standard InChI is InChI=1S/C19H28N6O/c1-4-25(5-2)18-14(8-6-10-20-18)13-21-19(26)16-12-15(22-23-16)17-9-7-11-24(17)3/h6-11,15-16,22-23H,4-5,12-13H2,1-3H3,(H,21,26). The second-order valence-electron chi connectivity index (χ2n) is 6.55. The zero-order valence-corrected chi connectivity index (χ0v) is 15.7. The monoisotopic (exact) mass is 356 g/mol. The van der Waals surface area contributed by atoms with Gasteiger partial charge in [0.1, 0.15) is 11.9 Å². The maximum Gasteiger partial charge on any atom is 0.238 e. The van der Waals surface area contributed by atoms with Gasteiger partial charge in [-0.05, 0) is 38.5 Å². The Morgan fingerprint density at radius 1 is 1.31 bits per heavy atom. The first-order valence-corrected chi connectivity index (χ1v) is 9.22. The van der Waals surface area contributed by atoms with Gasteiger partial charge in [-0.15, -0.1) is 0 Å². The van der Waals surface area contributed by atoms with Crippen LogP contribution >= 0.6 is 0 Å². The number of pyridine rings is 1. The Morgan fingerprint density at radius 2 is 2.12 bits per heavy atom. The first-order chi connectivity index (χ1) is 12.6. The van der Waals surface area contributed by atoms with E-state index in [2.05, 4.69) is 50.5 Å². The second-order valence-corrected chi connectivity index (χ2v) is 6.55. The third-order valence-electron chi connectivity index (χ3n) is 4.94. The van der Waals surface area contributed by atoms with Crippen molar-refractivity contribution in [2.24, 2.45) is 7.05 Å². The van der Waals surface area contributed by atoms with Crippen LogP contribution in [-0.4, -0.2) is 34.6 Å². The number of nitrogens with zero attached hydrogens (tertiary/aromatic N) is 3. The fraction of sp³-hybridized carbons (Fsp3) is 0.474. The summed E-state index contributed by atoms with van der Waals surface area (Å²) in [6.45, 7) is 6.48. The van der Waals surface area contributed by atoms with Gasteiger partial charge in [0.25, 0.3) is 0 Å². The van der Waals surface area contributed by atoms with Crippen molar-refractivity contribution in [2.45, 2.75) is 38.9 Å². The van der Waals surface area contributed by atoms with E-state index in [1.165, 1.54) is 5.69 Å². The van der Waals surface area contributed by atoms with E-state index in [0.29, 0.717) is 6.54 Å². The van der Waals surface area contributed by atoms with E-state index in [4.69, 9.17) is 0 Å². The van der Waals surface area contributed by atoms with Crippen molar-refractivity contribution in [2.75, 3.05) is 18.0 Å². The molecule has 0 aromatic carbocycles. The number of hydrogen-bond donors (Lipinski definition) is 3. The third-order valence-corrected chi connectivity index (χ3v) is 4.94. The number of hydrazine groups is 1. The fourth-order valence-electron chi connectivity index (χ4n) is 3.44. The number of carbonyl (C=O) groups excluding carboxylic acids is 1. The van der Waals surface area contributed by atoms with E-state index in [1.54, 1.807) is 6.20 Å². The number of anilines is 1. The van der Waals surface area contributed by atoms with Gasteiger partial charge in [0, 0.05) is 50.3 Å². The highest BCUT2D eigenvalue weighted by Gasteiger charge is 2.31. The molecule has 7 heteroatoms. The van der Waals surface area contributed by atoms with Crippen LogP contribution in [0.2, 0.25) is 0 Å². The molecule has 3 N–H and O–H groups in total. The topological polar surface area (TPSA) is 74.2 Å². The molecule has 0 spiro atoms. The van der Waals surface area contributed by atoms with Crippen LogP contribution in [-0.2, 0) is 18.4 Å². The van der Waals surface area contributed by atoms with Gasteiger partial charge in [-0.1, -0.05) is 6.07 Å². The molecule has 1 aliphatic heterocycles. The minimum absolute atomic E-state index is 0.00330. The van der Waals surface area contributed by atoms with Gasteiger partial charge in [0.2, 0.25) is 5.91 Å². The lowest BCUT2D eigenvalue weighted by Crippen LogP contribution is -2.43. The number of aromatic nitrogens is 2. The van der Waals surface area contributed by atoms with Crippen LogP contribution in [0.3, 0.4) is 0 Å². The van der Waals surface area contributed by atoms with Crippen molar-refractivity contribution >= 4 is 11.7 Å². The second kappa shape index (κ2) is 8.33. The molecule has 1 saturated heterocycles. The zero-order chi connectivity index (χ0) is 18.5. The molecule has 26 heavy (non-hydrogen) atoms. The molecular weight excluding hydrogens is 328 g/mol. The van der Waals surface area contributed by atoms with E-state index >= 15 is 0 Å². The Labute approximate surface area is 154 Å². The minimum Gasteiger partial charge on any atom is -0.357 e. The quantitative estimate of drug-likeness (QED) is 0.701. The van der Waals surface area contributed by atoms with E-state index in [0.717, 1.165) is 30.9 Å². The Balaban J connectivity index is 1.59. The summed E-state index contributed by atoms with van der Waals surface area (Å²) in [6.07, 6.45) is 4.53. The van der Waals surface area contributed by atoms with Gasteiger partial charge in [-0.3, -0.25) is 4.79 Å². The van der Waals surface area contributed by atoms with E-state index in [1.807, 2.05) is 31.4 Å². The molecule has 7 nitrogen and oxygen atoms in total. The van der Waals surface area contributed by atoms with Gasteiger partial charge >= 0.3 is 0 Å². The largest absolute Gasteiger partial charge is 0.357 e. The third kappa shape index (κ3) is 3.89. The number of carbonyl (C=O) groups is 1. The van der Waals surface area contributed by atoms with Gasteiger partial charge in [0.05, 0.1) is 6.04 Å². The predicted molar refractivity (Wildman–Crippen MR) is 102 cm³/mol. The zero-order valence-electron chi connectivity index (χ0n) is 15.7. The van der Waals surface area contributed by atoms with Crippen molar-refractivity contribution in [3.05, 3.63) is 47.9 Å².